The predicted molar refractivity (Wildman–Crippen MR) is 245 cm³/mol. The van der Waals surface area contributed by atoms with Gasteiger partial charge in [-0.1, -0.05) is 255 Å². The molecular formula is C54H42Si2. The largest absolute Gasteiger partial charge is 0.179 e. The molecule has 0 aliphatic rings. The fraction of sp³-hybridized carbons (Fsp3) is 0. The molecule has 0 aliphatic carbocycles. The molecule has 0 spiro atoms. The molecule has 0 nitrogen and oxygen atoms in total. The van der Waals surface area contributed by atoms with E-state index in [9.17, 15) is 0 Å². The molecule has 0 radical (unpaired) electrons. The van der Waals surface area contributed by atoms with E-state index in [2.05, 4.69) is 255 Å². The van der Waals surface area contributed by atoms with Crippen molar-refractivity contribution in [3.05, 3.63) is 255 Å². The highest BCUT2D eigenvalue weighted by atomic mass is 28.3. The third-order valence-corrected chi connectivity index (χ3v) is 21.0. The third-order valence-electron chi connectivity index (χ3n) is 11.4. The first-order chi connectivity index (χ1) is 27.8. The molecule has 266 valence electrons. The zero-order valence-corrected chi connectivity index (χ0v) is 33.2. The molecule has 9 aromatic rings. The molecule has 0 bridgehead atoms. The lowest BCUT2D eigenvalue weighted by Crippen LogP contribution is -2.74. The van der Waals surface area contributed by atoms with E-state index in [0.717, 1.165) is 0 Å². The van der Waals surface area contributed by atoms with Gasteiger partial charge >= 0.3 is 0 Å². The van der Waals surface area contributed by atoms with E-state index < -0.39 is 16.1 Å². The summed E-state index contributed by atoms with van der Waals surface area (Å²) >= 11 is 0. The van der Waals surface area contributed by atoms with Crippen LogP contribution in [-0.2, 0) is 0 Å². The number of benzene rings is 9. The average Bonchev–Trinajstić information content (AvgIpc) is 3.30. The van der Waals surface area contributed by atoms with Crippen molar-refractivity contribution in [2.24, 2.45) is 0 Å². The molecule has 0 unspecified atom stereocenters. The molecule has 0 N–H and O–H groups in total. The normalized spacial score (nSPS) is 11.6. The van der Waals surface area contributed by atoms with Crippen molar-refractivity contribution in [3.63, 3.8) is 0 Å². The molecule has 0 aromatic heterocycles. The maximum absolute atomic E-state index is 2.56. The summed E-state index contributed by atoms with van der Waals surface area (Å²) in [6.45, 7) is 0. The van der Waals surface area contributed by atoms with E-state index in [-0.39, 0.29) is 0 Å². The molecular weight excluding hydrogens is 705 g/mol. The summed E-state index contributed by atoms with van der Waals surface area (Å²) < 4.78 is 0. The Kier molecular flexibility index (Phi) is 9.81. The van der Waals surface area contributed by atoms with Crippen molar-refractivity contribution < 1.29 is 0 Å². The van der Waals surface area contributed by atoms with Crippen LogP contribution in [0.5, 0.6) is 0 Å². The van der Waals surface area contributed by atoms with Gasteiger partial charge in [-0.25, -0.2) is 0 Å². The van der Waals surface area contributed by atoms with Crippen LogP contribution < -0.4 is 41.5 Å². The summed E-state index contributed by atoms with van der Waals surface area (Å²) in [6.07, 6.45) is 0. The van der Waals surface area contributed by atoms with Gasteiger partial charge in [0.1, 0.15) is 0 Å². The summed E-state index contributed by atoms with van der Waals surface area (Å²) in [6, 6.07) is 94.6. The van der Waals surface area contributed by atoms with Crippen LogP contribution in [-0.4, -0.2) is 16.1 Å². The van der Waals surface area contributed by atoms with Gasteiger partial charge in [0.15, 0.2) is 16.1 Å². The Morgan fingerprint density at radius 1 is 0.143 bits per heavy atom. The molecule has 9 rings (SSSR count). The van der Waals surface area contributed by atoms with E-state index in [4.69, 9.17) is 0 Å². The van der Waals surface area contributed by atoms with Crippen LogP contribution in [0.4, 0.5) is 0 Å². The number of hydrogen-bond donors (Lipinski definition) is 0. The van der Waals surface area contributed by atoms with E-state index >= 15 is 0 Å². The van der Waals surface area contributed by atoms with Gasteiger partial charge in [-0.15, -0.1) is 0 Å². The van der Waals surface area contributed by atoms with E-state index in [1.165, 1.54) is 63.7 Å². The lowest BCUT2D eigenvalue weighted by Gasteiger charge is -2.34. The van der Waals surface area contributed by atoms with Crippen LogP contribution in [0.3, 0.4) is 0 Å². The minimum absolute atomic E-state index is 1.21. The Hall–Kier alpha value is -6.59. The van der Waals surface area contributed by atoms with Gasteiger partial charge in [-0.3, -0.25) is 0 Å². The van der Waals surface area contributed by atoms with Crippen molar-refractivity contribution in [2.75, 3.05) is 0 Å². The number of hydrogen-bond acceptors (Lipinski definition) is 0. The molecule has 0 atom stereocenters. The summed E-state index contributed by atoms with van der Waals surface area (Å²) in [5, 5.41) is 11.1. The molecule has 2 heteroatoms. The highest BCUT2D eigenvalue weighted by Crippen LogP contribution is 2.25. The van der Waals surface area contributed by atoms with Gasteiger partial charge in [-0.2, -0.15) is 0 Å². The second-order valence-corrected chi connectivity index (χ2v) is 22.0. The Labute approximate surface area is 333 Å². The van der Waals surface area contributed by atoms with Crippen LogP contribution in [0.2, 0.25) is 0 Å². The lowest BCUT2D eigenvalue weighted by molar-refractivity contribution is 1.59. The first-order valence-electron chi connectivity index (χ1n) is 19.4. The van der Waals surface area contributed by atoms with Crippen molar-refractivity contribution >= 4 is 57.6 Å². The molecule has 9 aromatic carbocycles. The first kappa shape index (κ1) is 35.1. The smallest absolute Gasteiger partial charge is 0.0623 e. The van der Waals surface area contributed by atoms with Gasteiger partial charge in [-0.05, 0) is 63.7 Å². The zero-order chi connectivity index (χ0) is 37.6. The van der Waals surface area contributed by atoms with Crippen molar-refractivity contribution in [1.82, 2.24) is 0 Å². The van der Waals surface area contributed by atoms with Gasteiger partial charge in [0.2, 0.25) is 0 Å². The maximum atomic E-state index is 2.38. The van der Waals surface area contributed by atoms with Crippen LogP contribution in [0, 0.1) is 0 Å². The standard InChI is InChI=1S/C54H42Si2/c1-7-19-47(20-8-1)55(48-21-9-2-10-22-48,49-23-11-3-12-24-49)53-39-35-45(36-40-53)43-31-33-44(34-32-43)46-37-41-54(42-38-46)56(50-25-13-4-14-26-50,51-27-15-5-16-28-51)52-29-17-6-18-30-52/h1-42H. The van der Waals surface area contributed by atoms with E-state index in [1.807, 2.05) is 0 Å². The molecule has 0 aliphatic heterocycles. The predicted octanol–water partition coefficient (Wildman–Crippen LogP) is 7.78. The van der Waals surface area contributed by atoms with Gasteiger partial charge in [0, 0.05) is 0 Å². The minimum atomic E-state index is -2.56. The highest BCUT2D eigenvalue weighted by Gasteiger charge is 2.42. The van der Waals surface area contributed by atoms with Crippen LogP contribution >= 0.6 is 0 Å². The Balaban J connectivity index is 1.07. The van der Waals surface area contributed by atoms with Gasteiger partial charge in [0.25, 0.3) is 0 Å². The second-order valence-electron chi connectivity index (χ2n) is 14.4. The topological polar surface area (TPSA) is 0 Å². The van der Waals surface area contributed by atoms with E-state index in [0.29, 0.717) is 0 Å². The zero-order valence-electron chi connectivity index (χ0n) is 31.2. The third kappa shape index (κ3) is 6.29. The van der Waals surface area contributed by atoms with Crippen molar-refractivity contribution in [2.45, 2.75) is 0 Å². The summed E-state index contributed by atoms with van der Waals surface area (Å²) in [5.41, 5.74) is 4.87. The summed E-state index contributed by atoms with van der Waals surface area (Å²) in [5.74, 6) is 0. The molecule has 0 heterocycles. The molecule has 0 saturated heterocycles. The molecule has 0 saturated carbocycles. The lowest BCUT2D eigenvalue weighted by atomic mass is 10.0. The summed E-state index contributed by atoms with van der Waals surface area (Å²) in [7, 11) is -5.12. The van der Waals surface area contributed by atoms with Crippen LogP contribution in [0.25, 0.3) is 22.3 Å². The average molecular weight is 747 g/mol. The molecule has 0 amide bonds. The van der Waals surface area contributed by atoms with Crippen LogP contribution in [0.1, 0.15) is 0 Å². The SMILES string of the molecule is c1ccc([Si](c2ccccc2)(c2ccccc2)c2ccc(-c3ccc(-c4ccc([Si](c5ccccc5)(c5ccccc5)c5ccccc5)cc4)cc3)cc2)cc1. The van der Waals surface area contributed by atoms with Gasteiger partial charge in [0.05, 0.1) is 0 Å². The number of rotatable bonds is 10. The fourth-order valence-electron chi connectivity index (χ4n) is 8.81. The summed E-state index contributed by atoms with van der Waals surface area (Å²) in [4.78, 5) is 0. The molecule has 0 fully saturated rings. The first-order valence-corrected chi connectivity index (χ1v) is 23.4. The van der Waals surface area contributed by atoms with Crippen molar-refractivity contribution in [1.29, 1.82) is 0 Å². The highest BCUT2D eigenvalue weighted by molar-refractivity contribution is 7.20. The van der Waals surface area contributed by atoms with Crippen LogP contribution in [0.15, 0.2) is 255 Å². The monoisotopic (exact) mass is 746 g/mol. The quantitative estimate of drug-likeness (QED) is 0.0992. The maximum Gasteiger partial charge on any atom is 0.179 e. The second kappa shape index (κ2) is 15.6. The Bertz CT molecular complexity index is 2230. The molecule has 56 heavy (non-hydrogen) atoms. The Morgan fingerprint density at radius 2 is 0.286 bits per heavy atom. The Morgan fingerprint density at radius 3 is 0.464 bits per heavy atom. The van der Waals surface area contributed by atoms with E-state index in [1.54, 1.807) is 0 Å². The fourth-order valence-corrected chi connectivity index (χ4v) is 18.3. The minimum Gasteiger partial charge on any atom is -0.0623 e. The van der Waals surface area contributed by atoms with Gasteiger partial charge < -0.3 is 0 Å². The van der Waals surface area contributed by atoms with Crippen molar-refractivity contribution in [3.8, 4) is 22.3 Å².